The fourth-order valence-electron chi connectivity index (χ4n) is 3.13. The Morgan fingerprint density at radius 3 is 2.53 bits per heavy atom. The number of hydrogen-bond donors (Lipinski definition) is 1. The number of anilines is 2. The van der Waals surface area contributed by atoms with Gasteiger partial charge in [0.2, 0.25) is 5.91 Å². The van der Waals surface area contributed by atoms with Crippen molar-refractivity contribution in [1.82, 2.24) is 0 Å². The molecular formula is C23H19ClN2O4. The summed E-state index contributed by atoms with van der Waals surface area (Å²) in [6.45, 7) is 0.214. The summed E-state index contributed by atoms with van der Waals surface area (Å²) in [4.78, 5) is 26.4. The van der Waals surface area contributed by atoms with Crippen molar-refractivity contribution >= 4 is 34.8 Å². The monoisotopic (exact) mass is 422 g/mol. The van der Waals surface area contributed by atoms with E-state index in [1.165, 1.54) is 0 Å². The van der Waals surface area contributed by atoms with Gasteiger partial charge in [-0.05, 0) is 36.4 Å². The lowest BCUT2D eigenvalue weighted by Gasteiger charge is -2.29. The molecule has 0 aliphatic carbocycles. The SMILES string of the molecule is O=C(CCN1C(=O)COc2ccccc21)Nc1ccccc1Oc1ccccc1Cl. The summed E-state index contributed by atoms with van der Waals surface area (Å²) in [5.41, 5.74) is 1.19. The third-order valence-electron chi connectivity index (χ3n) is 4.59. The molecule has 0 fully saturated rings. The van der Waals surface area contributed by atoms with Gasteiger partial charge in [0.1, 0.15) is 11.5 Å². The van der Waals surface area contributed by atoms with Gasteiger partial charge in [0.25, 0.3) is 5.91 Å². The predicted molar refractivity (Wildman–Crippen MR) is 116 cm³/mol. The van der Waals surface area contributed by atoms with Crippen LogP contribution in [0.5, 0.6) is 17.2 Å². The highest BCUT2D eigenvalue weighted by molar-refractivity contribution is 6.32. The van der Waals surface area contributed by atoms with E-state index in [0.29, 0.717) is 33.6 Å². The van der Waals surface area contributed by atoms with E-state index in [2.05, 4.69) is 5.32 Å². The molecule has 3 aromatic carbocycles. The van der Waals surface area contributed by atoms with Crippen LogP contribution in [-0.2, 0) is 9.59 Å². The number of nitrogens with one attached hydrogen (secondary N) is 1. The molecule has 0 saturated carbocycles. The van der Waals surface area contributed by atoms with Crippen molar-refractivity contribution in [2.45, 2.75) is 6.42 Å². The number of hydrogen-bond acceptors (Lipinski definition) is 4. The lowest BCUT2D eigenvalue weighted by atomic mass is 10.2. The molecule has 0 atom stereocenters. The first kappa shape index (κ1) is 19.8. The van der Waals surface area contributed by atoms with Crippen LogP contribution in [0.15, 0.2) is 72.8 Å². The van der Waals surface area contributed by atoms with Crippen LogP contribution in [0.25, 0.3) is 0 Å². The fourth-order valence-corrected chi connectivity index (χ4v) is 3.30. The highest BCUT2D eigenvalue weighted by atomic mass is 35.5. The summed E-state index contributed by atoms with van der Waals surface area (Å²) < 4.78 is 11.3. The van der Waals surface area contributed by atoms with Crippen LogP contribution in [0, 0.1) is 0 Å². The van der Waals surface area contributed by atoms with Crippen molar-refractivity contribution in [3.05, 3.63) is 77.8 Å². The van der Waals surface area contributed by atoms with Crippen LogP contribution in [0.4, 0.5) is 11.4 Å². The maximum atomic E-state index is 12.6. The van der Waals surface area contributed by atoms with Crippen molar-refractivity contribution in [2.24, 2.45) is 0 Å². The molecule has 6 nitrogen and oxygen atoms in total. The molecule has 1 aliphatic heterocycles. The van der Waals surface area contributed by atoms with E-state index in [4.69, 9.17) is 21.1 Å². The molecule has 0 spiro atoms. The minimum Gasteiger partial charge on any atom is -0.482 e. The zero-order valence-corrected chi connectivity index (χ0v) is 16.8. The highest BCUT2D eigenvalue weighted by Crippen LogP contribution is 2.34. The Balaban J connectivity index is 1.43. The number of benzene rings is 3. The maximum Gasteiger partial charge on any atom is 0.265 e. The molecule has 152 valence electrons. The molecule has 1 aliphatic rings. The number of carbonyl (C=O) groups is 2. The minimum absolute atomic E-state index is 0.0346. The van der Waals surface area contributed by atoms with Gasteiger partial charge >= 0.3 is 0 Å². The van der Waals surface area contributed by atoms with E-state index >= 15 is 0 Å². The van der Waals surface area contributed by atoms with Crippen LogP contribution < -0.4 is 19.7 Å². The molecule has 1 N–H and O–H groups in total. The molecule has 4 rings (SSSR count). The molecular weight excluding hydrogens is 404 g/mol. The number of para-hydroxylation sites is 5. The first-order valence-electron chi connectivity index (χ1n) is 9.45. The summed E-state index contributed by atoms with van der Waals surface area (Å²) >= 11 is 6.16. The number of ether oxygens (including phenoxy) is 2. The Bertz CT molecular complexity index is 1090. The van der Waals surface area contributed by atoms with E-state index in [1.54, 1.807) is 47.4 Å². The lowest BCUT2D eigenvalue weighted by molar-refractivity contribution is -0.121. The third-order valence-corrected chi connectivity index (χ3v) is 4.90. The Kier molecular flexibility index (Phi) is 5.86. The number of rotatable bonds is 6. The smallest absolute Gasteiger partial charge is 0.265 e. The zero-order chi connectivity index (χ0) is 20.9. The van der Waals surface area contributed by atoms with Crippen LogP contribution >= 0.6 is 11.6 Å². The van der Waals surface area contributed by atoms with Crippen molar-refractivity contribution in [3.8, 4) is 17.2 Å². The van der Waals surface area contributed by atoms with Gasteiger partial charge in [-0.15, -0.1) is 0 Å². The summed E-state index contributed by atoms with van der Waals surface area (Å²) in [5, 5.41) is 3.33. The highest BCUT2D eigenvalue weighted by Gasteiger charge is 2.25. The summed E-state index contributed by atoms with van der Waals surface area (Å²) in [6, 6.07) is 21.5. The molecule has 0 aromatic heterocycles. The van der Waals surface area contributed by atoms with E-state index < -0.39 is 0 Å². The number of nitrogens with zero attached hydrogens (tertiary/aromatic N) is 1. The lowest BCUT2D eigenvalue weighted by Crippen LogP contribution is -2.40. The second-order valence-electron chi connectivity index (χ2n) is 6.63. The number of carbonyl (C=O) groups excluding carboxylic acids is 2. The van der Waals surface area contributed by atoms with Gasteiger partial charge in [-0.25, -0.2) is 0 Å². The fraction of sp³-hybridized carbons (Fsp3) is 0.130. The van der Waals surface area contributed by atoms with Crippen LogP contribution in [0.2, 0.25) is 5.02 Å². The number of fused-ring (bicyclic) bond motifs is 1. The Hall–Kier alpha value is -3.51. The van der Waals surface area contributed by atoms with Gasteiger partial charge in [-0.1, -0.05) is 48.0 Å². The van der Waals surface area contributed by atoms with E-state index in [0.717, 1.165) is 0 Å². The zero-order valence-electron chi connectivity index (χ0n) is 16.0. The van der Waals surface area contributed by atoms with Gasteiger partial charge in [0, 0.05) is 13.0 Å². The third kappa shape index (κ3) is 4.39. The van der Waals surface area contributed by atoms with E-state index in [1.807, 2.05) is 30.3 Å². The molecule has 7 heteroatoms. The first-order chi connectivity index (χ1) is 14.6. The maximum absolute atomic E-state index is 12.6. The standard InChI is InChI=1S/C23H19ClN2O4/c24-16-7-1-4-10-19(16)30-20-11-5-2-8-17(20)25-22(27)13-14-26-18-9-3-6-12-21(18)29-15-23(26)28/h1-12H,13-15H2,(H,25,27). The molecule has 2 amide bonds. The van der Waals surface area contributed by atoms with Crippen LogP contribution in [-0.4, -0.2) is 25.0 Å². The first-order valence-corrected chi connectivity index (χ1v) is 9.83. The molecule has 30 heavy (non-hydrogen) atoms. The van der Waals surface area contributed by atoms with E-state index in [-0.39, 0.29) is 31.4 Å². The second kappa shape index (κ2) is 8.88. The number of amides is 2. The van der Waals surface area contributed by atoms with Gasteiger partial charge in [0.05, 0.1) is 16.4 Å². The van der Waals surface area contributed by atoms with E-state index in [9.17, 15) is 9.59 Å². The Labute approximate surface area is 179 Å². The largest absolute Gasteiger partial charge is 0.482 e. The summed E-state index contributed by atoms with van der Waals surface area (Å²) in [7, 11) is 0. The molecule has 0 bridgehead atoms. The topological polar surface area (TPSA) is 67.9 Å². The van der Waals surface area contributed by atoms with Gasteiger partial charge in [-0.2, -0.15) is 0 Å². The van der Waals surface area contributed by atoms with Crippen molar-refractivity contribution < 1.29 is 19.1 Å². The van der Waals surface area contributed by atoms with Crippen molar-refractivity contribution in [2.75, 3.05) is 23.4 Å². The second-order valence-corrected chi connectivity index (χ2v) is 7.04. The summed E-state index contributed by atoms with van der Waals surface area (Å²) in [6.07, 6.45) is 0.125. The van der Waals surface area contributed by atoms with Crippen molar-refractivity contribution in [1.29, 1.82) is 0 Å². The molecule has 1 heterocycles. The van der Waals surface area contributed by atoms with Gasteiger partial charge in [0.15, 0.2) is 12.4 Å². The van der Waals surface area contributed by atoms with Gasteiger partial charge < -0.3 is 19.7 Å². The Morgan fingerprint density at radius 1 is 1.00 bits per heavy atom. The average Bonchev–Trinajstić information content (AvgIpc) is 2.76. The Morgan fingerprint density at radius 2 is 1.70 bits per heavy atom. The average molecular weight is 423 g/mol. The predicted octanol–water partition coefficient (Wildman–Crippen LogP) is 4.89. The molecule has 0 unspecified atom stereocenters. The number of halogens is 1. The minimum atomic E-state index is -0.234. The van der Waals surface area contributed by atoms with Crippen molar-refractivity contribution in [3.63, 3.8) is 0 Å². The normalized spacial score (nSPS) is 12.7. The van der Waals surface area contributed by atoms with Crippen LogP contribution in [0.3, 0.4) is 0 Å². The molecule has 0 radical (unpaired) electrons. The van der Waals surface area contributed by atoms with Gasteiger partial charge in [-0.3, -0.25) is 9.59 Å². The quantitative estimate of drug-likeness (QED) is 0.614. The molecule has 3 aromatic rings. The summed E-state index contributed by atoms with van der Waals surface area (Å²) in [5.74, 6) is 1.20. The van der Waals surface area contributed by atoms with Crippen LogP contribution in [0.1, 0.15) is 6.42 Å². The molecule has 0 saturated heterocycles.